The molecule has 2 N–H and O–H groups in total. The molecular weight excluding hydrogens is 364 g/mol. The Morgan fingerprint density at radius 3 is 2.18 bits per heavy atom. The van der Waals surface area contributed by atoms with E-state index in [1.807, 2.05) is 35.6 Å². The van der Waals surface area contributed by atoms with E-state index in [0.29, 0.717) is 23.8 Å². The Hall–Kier alpha value is -3.26. The fourth-order valence-corrected chi connectivity index (χ4v) is 3.63. The van der Waals surface area contributed by atoms with E-state index in [9.17, 15) is 9.59 Å². The van der Waals surface area contributed by atoms with Crippen LogP contribution in [0.25, 0.3) is 0 Å². The Bertz CT molecular complexity index is 960. The SMILES string of the molecule is O=C1C[C@@H]([NH2+]Cc2ccc3c(c2)OCO3)C(=O)N1Cc1ccc2c(c1)OCO2. The van der Waals surface area contributed by atoms with Gasteiger partial charge in [-0.05, 0) is 35.9 Å². The third-order valence-electron chi connectivity index (χ3n) is 5.13. The Kier molecular flexibility index (Phi) is 4.05. The van der Waals surface area contributed by atoms with Gasteiger partial charge in [0.2, 0.25) is 19.5 Å². The minimum atomic E-state index is -0.410. The molecule has 3 aliphatic rings. The van der Waals surface area contributed by atoms with Gasteiger partial charge in [0.25, 0.3) is 5.91 Å². The van der Waals surface area contributed by atoms with E-state index in [-0.39, 0.29) is 38.4 Å². The second-order valence-corrected chi connectivity index (χ2v) is 6.94. The van der Waals surface area contributed by atoms with Crippen LogP contribution in [0.4, 0.5) is 0 Å². The van der Waals surface area contributed by atoms with Crippen molar-refractivity contribution in [1.29, 1.82) is 0 Å². The molecule has 1 fully saturated rings. The predicted molar refractivity (Wildman–Crippen MR) is 94.7 cm³/mol. The van der Waals surface area contributed by atoms with Crippen molar-refractivity contribution in [2.24, 2.45) is 0 Å². The standard InChI is InChI=1S/C20H18N2O6/c23-19-7-14(21-8-12-1-3-15-17(5-12)27-10-25-15)20(24)22(19)9-13-2-4-16-18(6-13)28-11-26-16/h1-6,14,21H,7-11H2/p+1/t14-/m1/s1. The van der Waals surface area contributed by atoms with Gasteiger partial charge in [-0.3, -0.25) is 14.5 Å². The van der Waals surface area contributed by atoms with E-state index in [4.69, 9.17) is 18.9 Å². The van der Waals surface area contributed by atoms with Crippen LogP contribution >= 0.6 is 0 Å². The maximum absolute atomic E-state index is 12.7. The summed E-state index contributed by atoms with van der Waals surface area (Å²) < 4.78 is 21.3. The van der Waals surface area contributed by atoms with Gasteiger partial charge < -0.3 is 24.3 Å². The summed E-state index contributed by atoms with van der Waals surface area (Å²) in [6, 6.07) is 10.8. The van der Waals surface area contributed by atoms with Crippen molar-refractivity contribution in [3.8, 4) is 23.0 Å². The minimum absolute atomic E-state index is 0.158. The lowest BCUT2D eigenvalue weighted by molar-refractivity contribution is -0.690. The number of rotatable bonds is 5. The summed E-state index contributed by atoms with van der Waals surface area (Å²) in [6.07, 6.45) is 0.202. The molecule has 5 rings (SSSR count). The zero-order valence-electron chi connectivity index (χ0n) is 15.1. The number of hydrogen-bond donors (Lipinski definition) is 1. The number of benzene rings is 2. The summed E-state index contributed by atoms with van der Waals surface area (Å²) in [5.41, 5.74) is 1.85. The number of amides is 2. The van der Waals surface area contributed by atoms with Gasteiger partial charge in [-0.2, -0.15) is 0 Å². The van der Waals surface area contributed by atoms with E-state index >= 15 is 0 Å². The van der Waals surface area contributed by atoms with E-state index < -0.39 is 6.04 Å². The molecule has 0 bridgehead atoms. The molecule has 2 aromatic carbocycles. The van der Waals surface area contributed by atoms with E-state index in [0.717, 1.165) is 16.9 Å². The van der Waals surface area contributed by atoms with Gasteiger partial charge in [0.15, 0.2) is 29.0 Å². The number of likely N-dealkylation sites (tertiary alicyclic amines) is 1. The van der Waals surface area contributed by atoms with Crippen LogP contribution < -0.4 is 24.3 Å². The molecule has 0 aromatic heterocycles. The lowest BCUT2D eigenvalue weighted by Gasteiger charge is -2.14. The summed E-state index contributed by atoms with van der Waals surface area (Å²) in [5.74, 6) is 2.44. The van der Waals surface area contributed by atoms with Gasteiger partial charge in [0.1, 0.15) is 6.54 Å². The quantitative estimate of drug-likeness (QED) is 0.758. The summed E-state index contributed by atoms with van der Waals surface area (Å²) in [6.45, 7) is 1.24. The smallest absolute Gasteiger partial charge is 0.288 e. The maximum atomic E-state index is 12.7. The number of carbonyl (C=O) groups excluding carboxylic acids is 2. The number of fused-ring (bicyclic) bond motifs is 2. The molecule has 0 aliphatic carbocycles. The van der Waals surface area contributed by atoms with Crippen LogP contribution in [0.2, 0.25) is 0 Å². The summed E-state index contributed by atoms with van der Waals surface area (Å²) in [7, 11) is 0. The molecule has 2 aromatic rings. The van der Waals surface area contributed by atoms with Gasteiger partial charge in [0.05, 0.1) is 13.0 Å². The van der Waals surface area contributed by atoms with Crippen LogP contribution in [-0.4, -0.2) is 36.3 Å². The van der Waals surface area contributed by atoms with E-state index in [1.165, 1.54) is 4.90 Å². The van der Waals surface area contributed by atoms with E-state index in [1.54, 1.807) is 6.07 Å². The molecule has 8 heteroatoms. The first-order valence-corrected chi connectivity index (χ1v) is 9.12. The summed E-state index contributed by atoms with van der Waals surface area (Å²) >= 11 is 0. The van der Waals surface area contributed by atoms with Crippen LogP contribution in [-0.2, 0) is 22.7 Å². The zero-order valence-corrected chi connectivity index (χ0v) is 15.1. The molecule has 2 amide bonds. The van der Waals surface area contributed by atoms with E-state index in [2.05, 4.69) is 0 Å². The Labute approximate surface area is 160 Å². The average molecular weight is 383 g/mol. The Morgan fingerprint density at radius 2 is 1.46 bits per heavy atom. The predicted octanol–water partition coefficient (Wildman–Crippen LogP) is 0.535. The molecule has 3 heterocycles. The van der Waals surface area contributed by atoms with Crippen molar-refractivity contribution < 1.29 is 33.9 Å². The van der Waals surface area contributed by atoms with Crippen molar-refractivity contribution >= 4 is 11.8 Å². The van der Waals surface area contributed by atoms with Crippen molar-refractivity contribution in [1.82, 2.24) is 4.90 Å². The molecule has 0 saturated carbocycles. The van der Waals surface area contributed by atoms with Crippen LogP contribution in [0, 0.1) is 0 Å². The normalized spacial score (nSPS) is 19.6. The fraction of sp³-hybridized carbons (Fsp3) is 0.300. The lowest BCUT2D eigenvalue weighted by atomic mass is 10.1. The van der Waals surface area contributed by atoms with Crippen LogP contribution in [0.1, 0.15) is 17.5 Å². The molecule has 0 radical (unpaired) electrons. The number of carbonyl (C=O) groups is 2. The van der Waals surface area contributed by atoms with Gasteiger partial charge in [-0.15, -0.1) is 0 Å². The first-order chi connectivity index (χ1) is 13.7. The highest BCUT2D eigenvalue weighted by Crippen LogP contribution is 2.33. The highest BCUT2D eigenvalue weighted by atomic mass is 16.7. The largest absolute Gasteiger partial charge is 0.454 e. The number of ether oxygens (including phenoxy) is 4. The molecule has 3 aliphatic heterocycles. The maximum Gasteiger partial charge on any atom is 0.288 e. The monoisotopic (exact) mass is 383 g/mol. The topological polar surface area (TPSA) is 90.9 Å². The average Bonchev–Trinajstić information content (AvgIpc) is 3.41. The second-order valence-electron chi connectivity index (χ2n) is 6.94. The molecule has 1 saturated heterocycles. The zero-order chi connectivity index (χ0) is 19.1. The molecule has 1 atom stereocenters. The minimum Gasteiger partial charge on any atom is -0.454 e. The molecule has 0 spiro atoms. The number of hydrogen-bond acceptors (Lipinski definition) is 6. The number of nitrogens with two attached hydrogens (primary N) is 1. The van der Waals surface area contributed by atoms with Crippen molar-refractivity contribution in [2.45, 2.75) is 25.6 Å². The summed E-state index contributed by atoms with van der Waals surface area (Å²) in [4.78, 5) is 26.4. The van der Waals surface area contributed by atoms with Crippen LogP contribution in [0.5, 0.6) is 23.0 Å². The molecule has 144 valence electrons. The highest BCUT2D eigenvalue weighted by molar-refractivity contribution is 6.04. The van der Waals surface area contributed by atoms with Gasteiger partial charge >= 0.3 is 0 Å². The first kappa shape index (κ1) is 16.9. The number of imide groups is 1. The summed E-state index contributed by atoms with van der Waals surface area (Å²) in [5, 5.41) is 1.90. The third kappa shape index (κ3) is 3.01. The third-order valence-corrected chi connectivity index (χ3v) is 5.13. The molecular formula is C20H19N2O6+. The second kappa shape index (κ2) is 6.72. The van der Waals surface area contributed by atoms with Crippen LogP contribution in [0.15, 0.2) is 36.4 Å². The van der Waals surface area contributed by atoms with Crippen molar-refractivity contribution in [3.05, 3.63) is 47.5 Å². The number of nitrogens with zero attached hydrogens (tertiary/aromatic N) is 1. The van der Waals surface area contributed by atoms with Gasteiger partial charge in [0, 0.05) is 5.56 Å². The Morgan fingerprint density at radius 1 is 0.857 bits per heavy atom. The molecule has 28 heavy (non-hydrogen) atoms. The van der Waals surface area contributed by atoms with Crippen molar-refractivity contribution in [2.75, 3.05) is 13.6 Å². The van der Waals surface area contributed by atoms with Gasteiger partial charge in [-0.25, -0.2) is 0 Å². The van der Waals surface area contributed by atoms with Crippen molar-refractivity contribution in [3.63, 3.8) is 0 Å². The first-order valence-electron chi connectivity index (χ1n) is 9.12. The Balaban J connectivity index is 1.23. The molecule has 0 unspecified atom stereocenters. The van der Waals surface area contributed by atoms with Gasteiger partial charge in [-0.1, -0.05) is 6.07 Å². The number of quaternary nitrogens is 1. The fourth-order valence-electron chi connectivity index (χ4n) is 3.63. The lowest BCUT2D eigenvalue weighted by Crippen LogP contribution is -2.90. The molecule has 8 nitrogen and oxygen atoms in total. The van der Waals surface area contributed by atoms with Crippen LogP contribution in [0.3, 0.4) is 0 Å². The highest BCUT2D eigenvalue weighted by Gasteiger charge is 2.41.